The molecule has 0 aliphatic carbocycles. The van der Waals surface area contributed by atoms with Crippen LogP contribution in [0, 0.1) is 6.92 Å². The number of thioether (sulfide) groups is 1. The van der Waals surface area contributed by atoms with E-state index in [1.165, 1.54) is 31.0 Å². The molecule has 126 valence electrons. The predicted molar refractivity (Wildman–Crippen MR) is 89.8 cm³/mol. The van der Waals surface area contributed by atoms with Crippen molar-refractivity contribution in [2.75, 3.05) is 19.1 Å². The maximum Gasteiger partial charge on any atom is 0.183 e. The minimum absolute atomic E-state index is 0.0499. The second kappa shape index (κ2) is 7.15. The Kier molecular flexibility index (Phi) is 5.65. The van der Waals surface area contributed by atoms with Crippen molar-refractivity contribution in [3.63, 3.8) is 0 Å². The zero-order valence-electron chi connectivity index (χ0n) is 13.4. The summed E-state index contributed by atoms with van der Waals surface area (Å²) in [6.45, 7) is 1.80. The Hall–Kier alpha value is -1.18. The summed E-state index contributed by atoms with van der Waals surface area (Å²) >= 11 is 1.36. The lowest BCUT2D eigenvalue weighted by Crippen LogP contribution is -2.31. The fourth-order valence-corrected chi connectivity index (χ4v) is 4.81. The number of ketones is 2. The van der Waals surface area contributed by atoms with Crippen molar-refractivity contribution in [2.24, 2.45) is 0 Å². The predicted octanol–water partition coefficient (Wildman–Crippen LogP) is 2.19. The molecule has 0 aromatic heterocycles. The number of methoxy groups -OCH3 is 1. The fourth-order valence-electron chi connectivity index (χ4n) is 2.70. The number of hydrogen-bond donors (Lipinski definition) is 0. The Balaban J connectivity index is 2.50. The van der Waals surface area contributed by atoms with Gasteiger partial charge in [0.15, 0.2) is 21.4 Å². The van der Waals surface area contributed by atoms with Crippen LogP contribution in [0.2, 0.25) is 0 Å². The molecule has 7 heteroatoms. The van der Waals surface area contributed by atoms with Crippen molar-refractivity contribution in [3.8, 4) is 0 Å². The van der Waals surface area contributed by atoms with E-state index < -0.39 is 15.1 Å². The highest BCUT2D eigenvalue weighted by atomic mass is 32.2. The number of carbonyl (C=O) groups excluding carboxylic acids is 2. The molecule has 0 N–H and O–H groups in total. The molecule has 0 bridgehead atoms. The van der Waals surface area contributed by atoms with Crippen LogP contribution in [0.3, 0.4) is 0 Å². The Bertz CT molecular complexity index is 737. The molecule has 5 nitrogen and oxygen atoms in total. The maximum absolute atomic E-state index is 12.7. The molecule has 0 saturated carbocycles. The molecule has 0 amide bonds. The Labute approximate surface area is 140 Å². The quantitative estimate of drug-likeness (QED) is 0.594. The van der Waals surface area contributed by atoms with Gasteiger partial charge in [-0.05, 0) is 42.4 Å². The van der Waals surface area contributed by atoms with Gasteiger partial charge in [0.1, 0.15) is 5.25 Å². The van der Waals surface area contributed by atoms with Crippen LogP contribution < -0.4 is 0 Å². The van der Waals surface area contributed by atoms with Crippen LogP contribution in [-0.2, 0) is 26.0 Å². The summed E-state index contributed by atoms with van der Waals surface area (Å²) in [5, 5.41) is -0.679. The number of carbonyl (C=O) groups is 2. The number of Topliss-reactive ketones (excluding diaryl/α,β-unsaturated/α-hetero) is 2. The molecule has 1 atom stereocenters. The van der Waals surface area contributed by atoms with Crippen LogP contribution in [0.25, 0.3) is 0 Å². The minimum Gasteiger partial charge on any atom is -0.380 e. The molecule has 2 rings (SSSR count). The van der Waals surface area contributed by atoms with E-state index in [9.17, 15) is 18.0 Å². The molecule has 1 fully saturated rings. The van der Waals surface area contributed by atoms with Crippen molar-refractivity contribution >= 4 is 33.2 Å². The molecule has 1 saturated heterocycles. The number of ether oxygens (including phenoxy) is 1. The summed E-state index contributed by atoms with van der Waals surface area (Å²) in [6, 6.07) is 2.94. The largest absolute Gasteiger partial charge is 0.380 e. The average molecular weight is 356 g/mol. The third kappa shape index (κ3) is 3.84. The van der Waals surface area contributed by atoms with Crippen molar-refractivity contribution < 1.29 is 22.7 Å². The third-order valence-corrected chi connectivity index (χ3v) is 6.41. The van der Waals surface area contributed by atoms with Gasteiger partial charge in [0.2, 0.25) is 0 Å². The van der Waals surface area contributed by atoms with E-state index >= 15 is 0 Å². The normalized spacial score (nSPS) is 18.9. The zero-order chi connectivity index (χ0) is 17.2. The number of rotatable bonds is 5. The molecular formula is C16H20O5S2. The van der Waals surface area contributed by atoms with Gasteiger partial charge < -0.3 is 4.74 Å². The standard InChI is InChI=1S/C16H20O5S2/c1-10-11(15(18)16-13(17)5-4-8-22-16)6-7-14(23(3,19)20)12(10)9-21-2/h6-7,16H,4-5,8-9H2,1-3H3. The van der Waals surface area contributed by atoms with E-state index in [0.29, 0.717) is 23.1 Å². The molecule has 0 spiro atoms. The second-order valence-electron chi connectivity index (χ2n) is 5.60. The van der Waals surface area contributed by atoms with Gasteiger partial charge in [-0.2, -0.15) is 0 Å². The lowest BCUT2D eigenvalue weighted by molar-refractivity contribution is -0.118. The Morgan fingerprint density at radius 1 is 1.39 bits per heavy atom. The van der Waals surface area contributed by atoms with E-state index in [4.69, 9.17) is 4.74 Å². The Morgan fingerprint density at radius 3 is 2.65 bits per heavy atom. The highest BCUT2D eigenvalue weighted by Crippen LogP contribution is 2.29. The summed E-state index contributed by atoms with van der Waals surface area (Å²) in [5.41, 5.74) is 1.45. The first-order chi connectivity index (χ1) is 10.8. The first-order valence-electron chi connectivity index (χ1n) is 7.27. The van der Waals surface area contributed by atoms with Crippen molar-refractivity contribution in [1.29, 1.82) is 0 Å². The summed E-state index contributed by atoms with van der Waals surface area (Å²) in [6.07, 6.45) is 2.35. The van der Waals surface area contributed by atoms with Gasteiger partial charge in [-0.1, -0.05) is 0 Å². The lowest BCUT2D eigenvalue weighted by Gasteiger charge is -2.21. The zero-order valence-corrected chi connectivity index (χ0v) is 15.1. The summed E-state index contributed by atoms with van der Waals surface area (Å²) in [4.78, 5) is 24.9. The van der Waals surface area contributed by atoms with Crippen molar-refractivity contribution in [3.05, 3.63) is 28.8 Å². The molecule has 23 heavy (non-hydrogen) atoms. The van der Waals surface area contributed by atoms with E-state index in [0.717, 1.165) is 18.4 Å². The second-order valence-corrected chi connectivity index (χ2v) is 8.80. The summed E-state index contributed by atoms with van der Waals surface area (Å²) < 4.78 is 28.9. The van der Waals surface area contributed by atoms with Crippen LogP contribution in [0.5, 0.6) is 0 Å². The number of sulfone groups is 1. The van der Waals surface area contributed by atoms with Crippen LogP contribution in [-0.4, -0.2) is 44.4 Å². The van der Waals surface area contributed by atoms with E-state index in [1.807, 2.05) is 0 Å². The van der Waals surface area contributed by atoms with Crippen molar-refractivity contribution in [1.82, 2.24) is 0 Å². The first kappa shape index (κ1) is 18.2. The van der Waals surface area contributed by atoms with Gasteiger partial charge >= 0.3 is 0 Å². The lowest BCUT2D eigenvalue weighted by atomic mass is 9.95. The topological polar surface area (TPSA) is 77.5 Å². The van der Waals surface area contributed by atoms with Crippen LogP contribution in [0.1, 0.15) is 34.3 Å². The molecular weight excluding hydrogens is 336 g/mol. The SMILES string of the molecule is COCc1c(S(C)(=O)=O)ccc(C(=O)C2SCCCC2=O)c1C. The number of benzene rings is 1. The maximum atomic E-state index is 12.7. The summed E-state index contributed by atoms with van der Waals surface area (Å²) in [7, 11) is -1.95. The van der Waals surface area contributed by atoms with E-state index in [1.54, 1.807) is 6.92 Å². The van der Waals surface area contributed by atoms with Gasteiger partial charge in [0, 0.05) is 25.3 Å². The van der Waals surface area contributed by atoms with Gasteiger partial charge in [-0.3, -0.25) is 9.59 Å². The third-order valence-electron chi connectivity index (χ3n) is 3.89. The molecule has 1 unspecified atom stereocenters. The molecule has 1 heterocycles. The van der Waals surface area contributed by atoms with Gasteiger partial charge in [0.05, 0.1) is 11.5 Å². The van der Waals surface area contributed by atoms with Crippen LogP contribution >= 0.6 is 11.8 Å². The minimum atomic E-state index is -3.42. The van der Waals surface area contributed by atoms with Gasteiger partial charge in [-0.25, -0.2) is 8.42 Å². The smallest absolute Gasteiger partial charge is 0.183 e. The highest BCUT2D eigenvalue weighted by molar-refractivity contribution is 8.01. The summed E-state index contributed by atoms with van der Waals surface area (Å²) in [5.74, 6) is 0.494. The molecule has 1 aromatic rings. The number of hydrogen-bond acceptors (Lipinski definition) is 6. The van der Waals surface area contributed by atoms with E-state index in [2.05, 4.69) is 0 Å². The highest BCUT2D eigenvalue weighted by Gasteiger charge is 2.32. The Morgan fingerprint density at radius 2 is 2.09 bits per heavy atom. The first-order valence-corrected chi connectivity index (χ1v) is 10.2. The monoisotopic (exact) mass is 356 g/mol. The average Bonchev–Trinajstić information content (AvgIpc) is 2.48. The molecule has 1 aliphatic heterocycles. The van der Waals surface area contributed by atoms with E-state index in [-0.39, 0.29) is 23.1 Å². The van der Waals surface area contributed by atoms with Gasteiger partial charge in [-0.15, -0.1) is 11.8 Å². The van der Waals surface area contributed by atoms with Crippen molar-refractivity contribution in [2.45, 2.75) is 36.5 Å². The molecule has 1 aromatic carbocycles. The van der Waals surface area contributed by atoms with Crippen LogP contribution in [0.4, 0.5) is 0 Å². The van der Waals surface area contributed by atoms with Crippen LogP contribution in [0.15, 0.2) is 17.0 Å². The molecule has 0 radical (unpaired) electrons. The fraction of sp³-hybridized carbons (Fsp3) is 0.500. The molecule has 1 aliphatic rings. The van der Waals surface area contributed by atoms with Gasteiger partial charge in [0.25, 0.3) is 0 Å².